The van der Waals surface area contributed by atoms with Crippen molar-refractivity contribution < 1.29 is 14.6 Å². The summed E-state index contributed by atoms with van der Waals surface area (Å²) in [6.07, 6.45) is 0.777. The molecule has 1 aliphatic rings. The Morgan fingerprint density at radius 1 is 0.964 bits per heavy atom. The van der Waals surface area contributed by atoms with Gasteiger partial charge in [0.05, 0.1) is 29.5 Å². The standard InChI is InChI=1S/C21H17ClN2O3S/c22-17-10-6-15(7-11-17)20-14-21(24(23-20)18-4-2-1-3-5-18)16-8-12-19(13-9-16)28-27-26-25/h1-13,21,25H,14H2. The van der Waals surface area contributed by atoms with Crippen LogP contribution in [0.4, 0.5) is 5.69 Å². The van der Waals surface area contributed by atoms with Crippen LogP contribution in [0.15, 0.2) is 88.9 Å². The van der Waals surface area contributed by atoms with Crippen LogP contribution in [0.5, 0.6) is 0 Å². The van der Waals surface area contributed by atoms with Crippen molar-refractivity contribution in [1.82, 2.24) is 0 Å². The molecule has 0 aromatic heterocycles. The minimum absolute atomic E-state index is 0.0714. The van der Waals surface area contributed by atoms with Crippen molar-refractivity contribution in [2.24, 2.45) is 5.10 Å². The molecular weight excluding hydrogens is 396 g/mol. The average molecular weight is 413 g/mol. The number of hydrogen-bond donors (Lipinski definition) is 1. The molecule has 1 unspecified atom stereocenters. The predicted octanol–water partition coefficient (Wildman–Crippen LogP) is 6.12. The van der Waals surface area contributed by atoms with Crippen molar-refractivity contribution in [3.8, 4) is 0 Å². The second-order valence-electron chi connectivity index (χ2n) is 6.25. The number of para-hydroxylation sites is 1. The van der Waals surface area contributed by atoms with E-state index in [9.17, 15) is 0 Å². The summed E-state index contributed by atoms with van der Waals surface area (Å²) in [7, 11) is 0. The van der Waals surface area contributed by atoms with Crippen LogP contribution in [0.25, 0.3) is 0 Å². The van der Waals surface area contributed by atoms with Crippen LogP contribution in [0.2, 0.25) is 5.02 Å². The molecule has 1 atom stereocenters. The number of hydrogen-bond acceptors (Lipinski definition) is 6. The largest absolute Gasteiger partial charge is 0.257 e. The van der Waals surface area contributed by atoms with Crippen LogP contribution in [0.3, 0.4) is 0 Å². The normalized spacial score (nSPS) is 16.3. The van der Waals surface area contributed by atoms with Crippen LogP contribution < -0.4 is 5.01 Å². The van der Waals surface area contributed by atoms with Gasteiger partial charge in [0.15, 0.2) is 0 Å². The van der Waals surface area contributed by atoms with E-state index in [-0.39, 0.29) is 6.04 Å². The van der Waals surface area contributed by atoms with Crippen LogP contribution >= 0.6 is 23.6 Å². The van der Waals surface area contributed by atoms with E-state index in [1.54, 1.807) is 0 Å². The monoisotopic (exact) mass is 412 g/mol. The van der Waals surface area contributed by atoms with Crippen LogP contribution in [0.1, 0.15) is 23.6 Å². The smallest absolute Gasteiger partial charge is 0.0831 e. The Hall–Kier alpha value is -2.35. The lowest BCUT2D eigenvalue weighted by molar-refractivity contribution is -0.432. The number of halogens is 1. The summed E-state index contributed by atoms with van der Waals surface area (Å²) in [6.45, 7) is 0. The van der Waals surface area contributed by atoms with Gasteiger partial charge in [0.2, 0.25) is 0 Å². The highest BCUT2D eigenvalue weighted by atomic mass is 35.5. The molecule has 0 radical (unpaired) electrons. The number of benzene rings is 3. The van der Waals surface area contributed by atoms with Crippen molar-refractivity contribution in [1.29, 1.82) is 0 Å². The zero-order chi connectivity index (χ0) is 19.3. The first-order chi connectivity index (χ1) is 13.7. The Balaban J connectivity index is 1.64. The van der Waals surface area contributed by atoms with Crippen molar-refractivity contribution in [3.05, 3.63) is 95.0 Å². The molecule has 1 N–H and O–H groups in total. The summed E-state index contributed by atoms with van der Waals surface area (Å²) >= 11 is 6.97. The zero-order valence-corrected chi connectivity index (χ0v) is 16.3. The minimum Gasteiger partial charge on any atom is -0.257 e. The molecule has 1 heterocycles. The highest BCUT2D eigenvalue weighted by molar-refractivity contribution is 7.94. The van der Waals surface area contributed by atoms with Crippen LogP contribution in [0, 0.1) is 0 Å². The summed E-state index contributed by atoms with van der Waals surface area (Å²) in [5.41, 5.74) is 4.24. The highest BCUT2D eigenvalue weighted by Crippen LogP contribution is 2.37. The van der Waals surface area contributed by atoms with Crippen LogP contribution in [-0.2, 0) is 9.37 Å². The summed E-state index contributed by atoms with van der Waals surface area (Å²) in [6, 6.07) is 25.9. The van der Waals surface area contributed by atoms with E-state index in [1.807, 2.05) is 66.7 Å². The summed E-state index contributed by atoms with van der Waals surface area (Å²) in [4.78, 5) is 0.820. The molecule has 3 aromatic carbocycles. The molecule has 0 amide bonds. The summed E-state index contributed by atoms with van der Waals surface area (Å²) in [5.74, 6) is 0. The predicted molar refractivity (Wildman–Crippen MR) is 111 cm³/mol. The molecule has 7 heteroatoms. The lowest BCUT2D eigenvalue weighted by Crippen LogP contribution is -2.18. The maximum absolute atomic E-state index is 8.30. The Morgan fingerprint density at radius 2 is 1.68 bits per heavy atom. The number of hydrazone groups is 1. The number of nitrogens with zero attached hydrogens (tertiary/aromatic N) is 2. The van der Waals surface area contributed by atoms with E-state index in [4.69, 9.17) is 22.0 Å². The molecule has 0 bridgehead atoms. The second kappa shape index (κ2) is 8.77. The van der Waals surface area contributed by atoms with Gasteiger partial charge in [-0.1, -0.05) is 59.1 Å². The van der Waals surface area contributed by atoms with E-state index in [0.717, 1.165) is 45.9 Å². The van der Waals surface area contributed by atoms with Crippen molar-refractivity contribution in [2.75, 3.05) is 5.01 Å². The molecule has 0 saturated heterocycles. The fourth-order valence-corrected chi connectivity index (χ4v) is 3.69. The lowest BCUT2D eigenvalue weighted by Gasteiger charge is -2.24. The lowest BCUT2D eigenvalue weighted by atomic mass is 9.98. The fourth-order valence-electron chi connectivity index (χ4n) is 3.21. The quantitative estimate of drug-likeness (QED) is 0.300. The van der Waals surface area contributed by atoms with Crippen molar-refractivity contribution in [3.63, 3.8) is 0 Å². The third-order valence-corrected chi connectivity index (χ3v) is 5.38. The van der Waals surface area contributed by atoms with Crippen LogP contribution in [-0.4, -0.2) is 11.0 Å². The number of anilines is 1. The third-order valence-electron chi connectivity index (χ3n) is 4.53. The molecule has 1 aliphatic heterocycles. The van der Waals surface area contributed by atoms with Gasteiger partial charge < -0.3 is 0 Å². The van der Waals surface area contributed by atoms with Gasteiger partial charge in [0.1, 0.15) is 0 Å². The average Bonchev–Trinajstić information content (AvgIpc) is 3.19. The maximum Gasteiger partial charge on any atom is 0.0831 e. The van der Waals surface area contributed by atoms with Gasteiger partial charge in [0.25, 0.3) is 0 Å². The van der Waals surface area contributed by atoms with Gasteiger partial charge >= 0.3 is 0 Å². The molecule has 5 nitrogen and oxygen atoms in total. The molecule has 0 aliphatic carbocycles. The number of rotatable bonds is 6. The SMILES string of the molecule is OOOSc1ccc(C2CC(c3ccc(Cl)cc3)=NN2c2ccccc2)cc1. The molecule has 3 aromatic rings. The Bertz CT molecular complexity index is 950. The van der Waals surface area contributed by atoms with Gasteiger partial charge in [-0.25, -0.2) is 5.26 Å². The van der Waals surface area contributed by atoms with E-state index in [2.05, 4.69) is 26.5 Å². The Morgan fingerprint density at radius 3 is 2.36 bits per heavy atom. The molecule has 0 fully saturated rings. The van der Waals surface area contributed by atoms with Gasteiger partial charge in [-0.2, -0.15) is 5.10 Å². The van der Waals surface area contributed by atoms with E-state index in [0.29, 0.717) is 5.02 Å². The first-order valence-electron chi connectivity index (χ1n) is 8.67. The maximum atomic E-state index is 8.30. The van der Waals surface area contributed by atoms with E-state index >= 15 is 0 Å². The van der Waals surface area contributed by atoms with Gasteiger partial charge in [-0.05, 0) is 47.5 Å². The molecule has 0 saturated carbocycles. The topological polar surface area (TPSA) is 54.3 Å². The second-order valence-corrected chi connectivity index (χ2v) is 7.46. The van der Waals surface area contributed by atoms with Crippen molar-refractivity contribution >= 4 is 35.0 Å². The van der Waals surface area contributed by atoms with Crippen molar-refractivity contribution in [2.45, 2.75) is 17.4 Å². The van der Waals surface area contributed by atoms with Gasteiger partial charge in [0, 0.05) is 16.3 Å². The molecule has 0 spiro atoms. The minimum atomic E-state index is 0.0714. The van der Waals surface area contributed by atoms with Gasteiger partial charge in [-0.3, -0.25) is 5.01 Å². The Kier molecular flexibility index (Phi) is 5.95. The molecule has 4 rings (SSSR count). The molecule has 28 heavy (non-hydrogen) atoms. The summed E-state index contributed by atoms with van der Waals surface area (Å²) < 4.78 is 4.49. The highest BCUT2D eigenvalue weighted by Gasteiger charge is 2.29. The van der Waals surface area contributed by atoms with E-state index < -0.39 is 0 Å². The zero-order valence-electron chi connectivity index (χ0n) is 14.7. The summed E-state index contributed by atoms with van der Waals surface area (Å²) in [5, 5.41) is 19.6. The van der Waals surface area contributed by atoms with Gasteiger partial charge in [-0.15, -0.1) is 4.33 Å². The molecular formula is C21H17ClN2O3S. The third kappa shape index (κ3) is 4.22. The fraction of sp³-hybridized carbons (Fsp3) is 0.0952. The van der Waals surface area contributed by atoms with E-state index in [1.165, 1.54) is 0 Å². The first kappa shape index (κ1) is 19.0. The molecule has 142 valence electrons. The Labute approximate surface area is 172 Å². The first-order valence-corrected chi connectivity index (χ1v) is 9.79.